The van der Waals surface area contributed by atoms with Crippen LogP contribution in [0.2, 0.25) is 0 Å². The molecule has 0 saturated heterocycles. The highest BCUT2D eigenvalue weighted by Crippen LogP contribution is 2.31. The molecule has 0 N–H and O–H groups in total. The lowest BCUT2D eigenvalue weighted by atomic mass is 9.91. The van der Waals surface area contributed by atoms with Crippen LogP contribution in [0.3, 0.4) is 0 Å². The van der Waals surface area contributed by atoms with Gasteiger partial charge in [0.1, 0.15) is 11.5 Å². The van der Waals surface area contributed by atoms with Gasteiger partial charge in [0.25, 0.3) is 0 Å². The number of rotatable bonds is 3. The van der Waals surface area contributed by atoms with Crippen molar-refractivity contribution >= 4 is 22.5 Å². The van der Waals surface area contributed by atoms with Gasteiger partial charge < -0.3 is 4.74 Å². The first kappa shape index (κ1) is 14.3. The third kappa shape index (κ3) is 2.87. The highest BCUT2D eigenvalue weighted by atomic mass is 16.5. The second-order valence-electron chi connectivity index (χ2n) is 5.16. The number of hydrogen-bond donors (Lipinski definition) is 0. The molecule has 2 aromatic carbocycles. The number of fused-ring (bicyclic) bond motifs is 1. The van der Waals surface area contributed by atoms with Gasteiger partial charge in [0.15, 0.2) is 0 Å². The molecule has 0 saturated carbocycles. The van der Waals surface area contributed by atoms with E-state index in [1.165, 1.54) is 6.92 Å². The lowest BCUT2D eigenvalue weighted by Crippen LogP contribution is -2.07. The lowest BCUT2D eigenvalue weighted by Gasteiger charge is -2.14. The maximum absolute atomic E-state index is 11.7. The van der Waals surface area contributed by atoms with Crippen molar-refractivity contribution in [1.29, 1.82) is 0 Å². The van der Waals surface area contributed by atoms with E-state index in [2.05, 4.69) is 6.07 Å². The third-order valence-corrected chi connectivity index (χ3v) is 3.45. The van der Waals surface area contributed by atoms with Crippen LogP contribution < -0.4 is 4.74 Å². The van der Waals surface area contributed by atoms with E-state index >= 15 is 0 Å². The summed E-state index contributed by atoms with van der Waals surface area (Å²) in [5.41, 5.74) is 2.03. The Morgan fingerprint density at radius 2 is 1.80 bits per heavy atom. The number of esters is 1. The van der Waals surface area contributed by atoms with Crippen LogP contribution in [0.25, 0.3) is 10.8 Å². The van der Waals surface area contributed by atoms with Gasteiger partial charge >= 0.3 is 5.97 Å². The van der Waals surface area contributed by atoms with E-state index in [-0.39, 0.29) is 17.7 Å². The largest absolute Gasteiger partial charge is 0.427 e. The van der Waals surface area contributed by atoms with Crippen LogP contribution in [0.1, 0.15) is 37.8 Å². The van der Waals surface area contributed by atoms with Gasteiger partial charge in [-0.2, -0.15) is 0 Å². The number of hydrogen-bond acceptors (Lipinski definition) is 3. The first-order valence-electron chi connectivity index (χ1n) is 6.61. The van der Waals surface area contributed by atoms with Gasteiger partial charge in [0.05, 0.1) is 0 Å². The minimum atomic E-state index is -0.363. The Kier molecular flexibility index (Phi) is 3.89. The quantitative estimate of drug-likeness (QED) is 0.630. The predicted octanol–water partition coefficient (Wildman–Crippen LogP) is 3.77. The normalized spacial score (nSPS) is 12.2. The standard InChI is InChI=1S/C17H18O3/c1-10-5-6-14-8-15(20-13(4)19)9-16(17(14)7-10)11(2)12(3)18/h5-9,11H,1-4H3. The number of ketones is 1. The Hall–Kier alpha value is -2.16. The van der Waals surface area contributed by atoms with Gasteiger partial charge in [-0.25, -0.2) is 0 Å². The van der Waals surface area contributed by atoms with E-state index in [0.717, 1.165) is 21.9 Å². The molecule has 2 aromatic rings. The van der Waals surface area contributed by atoms with E-state index in [9.17, 15) is 9.59 Å². The number of carbonyl (C=O) groups is 2. The summed E-state index contributed by atoms with van der Waals surface area (Å²) in [6, 6.07) is 9.65. The van der Waals surface area contributed by atoms with Crippen molar-refractivity contribution in [2.75, 3.05) is 0 Å². The van der Waals surface area contributed by atoms with E-state index in [1.54, 1.807) is 13.0 Å². The molecule has 0 heterocycles. The Morgan fingerprint density at radius 1 is 1.10 bits per heavy atom. The zero-order valence-corrected chi connectivity index (χ0v) is 12.2. The smallest absolute Gasteiger partial charge is 0.308 e. The molecule has 0 radical (unpaired) electrons. The van der Waals surface area contributed by atoms with Gasteiger partial charge in [-0.3, -0.25) is 9.59 Å². The molecule has 3 heteroatoms. The number of Topliss-reactive ketones (excluding diaryl/α,β-unsaturated/α-hetero) is 1. The molecule has 0 spiro atoms. The molecule has 0 aliphatic heterocycles. The van der Waals surface area contributed by atoms with Gasteiger partial charge in [-0.15, -0.1) is 0 Å². The van der Waals surface area contributed by atoms with Crippen molar-refractivity contribution in [2.45, 2.75) is 33.6 Å². The van der Waals surface area contributed by atoms with Crippen LogP contribution in [-0.2, 0) is 9.59 Å². The SMILES string of the molecule is CC(=O)Oc1cc(C(C)C(C)=O)c2cc(C)ccc2c1. The molecule has 0 amide bonds. The Balaban J connectivity index is 2.69. The summed E-state index contributed by atoms with van der Waals surface area (Å²) in [5, 5.41) is 2.00. The van der Waals surface area contributed by atoms with Crippen molar-refractivity contribution < 1.29 is 14.3 Å². The molecule has 0 aromatic heterocycles. The van der Waals surface area contributed by atoms with Gasteiger partial charge in [-0.05, 0) is 42.3 Å². The molecular formula is C17H18O3. The van der Waals surface area contributed by atoms with Gasteiger partial charge in [-0.1, -0.05) is 30.7 Å². The highest BCUT2D eigenvalue weighted by molar-refractivity contribution is 5.94. The molecule has 0 bridgehead atoms. The van der Waals surface area contributed by atoms with Gasteiger partial charge in [0.2, 0.25) is 0 Å². The molecule has 3 nitrogen and oxygen atoms in total. The van der Waals surface area contributed by atoms with Crippen molar-refractivity contribution in [3.05, 3.63) is 41.5 Å². The zero-order chi connectivity index (χ0) is 14.9. The van der Waals surface area contributed by atoms with Crippen LogP contribution in [0, 0.1) is 6.92 Å². The van der Waals surface area contributed by atoms with E-state index in [1.807, 2.05) is 32.0 Å². The summed E-state index contributed by atoms with van der Waals surface area (Å²) in [6.45, 7) is 6.83. The first-order valence-corrected chi connectivity index (χ1v) is 6.61. The van der Waals surface area contributed by atoms with Crippen molar-refractivity contribution in [3.8, 4) is 5.75 Å². The Labute approximate surface area is 118 Å². The molecule has 1 unspecified atom stereocenters. The van der Waals surface area contributed by atoms with Gasteiger partial charge in [0, 0.05) is 12.8 Å². The maximum Gasteiger partial charge on any atom is 0.308 e. The fraction of sp³-hybridized carbons (Fsp3) is 0.294. The second-order valence-corrected chi connectivity index (χ2v) is 5.16. The number of ether oxygens (including phenoxy) is 1. The fourth-order valence-corrected chi connectivity index (χ4v) is 2.27. The Bertz CT molecular complexity index is 686. The molecular weight excluding hydrogens is 252 g/mol. The maximum atomic E-state index is 11.7. The Morgan fingerprint density at radius 3 is 2.40 bits per heavy atom. The lowest BCUT2D eigenvalue weighted by molar-refractivity contribution is -0.131. The minimum absolute atomic E-state index is 0.0905. The zero-order valence-electron chi connectivity index (χ0n) is 12.2. The average Bonchev–Trinajstić information content (AvgIpc) is 2.36. The number of carbonyl (C=O) groups excluding carboxylic acids is 2. The van der Waals surface area contributed by atoms with Crippen LogP contribution in [-0.4, -0.2) is 11.8 Å². The van der Waals surface area contributed by atoms with E-state index < -0.39 is 0 Å². The number of aryl methyl sites for hydroxylation is 1. The summed E-state index contributed by atoms with van der Waals surface area (Å²) in [7, 11) is 0. The van der Waals surface area contributed by atoms with Crippen LogP contribution in [0.4, 0.5) is 0 Å². The summed E-state index contributed by atoms with van der Waals surface area (Å²) >= 11 is 0. The van der Waals surface area contributed by atoms with E-state index in [0.29, 0.717) is 5.75 Å². The van der Waals surface area contributed by atoms with Crippen molar-refractivity contribution in [2.24, 2.45) is 0 Å². The summed E-state index contributed by atoms with van der Waals surface area (Å²) in [5.74, 6) is -0.0163. The molecule has 1 atom stereocenters. The molecule has 104 valence electrons. The molecule has 0 aliphatic rings. The average molecular weight is 270 g/mol. The van der Waals surface area contributed by atoms with Crippen LogP contribution in [0.5, 0.6) is 5.75 Å². The number of benzene rings is 2. The third-order valence-electron chi connectivity index (χ3n) is 3.45. The summed E-state index contributed by atoms with van der Waals surface area (Å²) < 4.78 is 5.17. The predicted molar refractivity (Wildman–Crippen MR) is 79.1 cm³/mol. The summed E-state index contributed by atoms with van der Waals surface area (Å²) in [6.07, 6.45) is 0. The van der Waals surface area contributed by atoms with Crippen molar-refractivity contribution in [3.63, 3.8) is 0 Å². The minimum Gasteiger partial charge on any atom is -0.427 e. The summed E-state index contributed by atoms with van der Waals surface area (Å²) in [4.78, 5) is 22.8. The second kappa shape index (κ2) is 5.45. The van der Waals surface area contributed by atoms with E-state index in [4.69, 9.17) is 4.74 Å². The van der Waals surface area contributed by atoms with Crippen molar-refractivity contribution in [1.82, 2.24) is 0 Å². The monoisotopic (exact) mass is 270 g/mol. The molecule has 2 rings (SSSR count). The first-order chi connectivity index (χ1) is 9.38. The van der Waals surface area contributed by atoms with Crippen LogP contribution >= 0.6 is 0 Å². The fourth-order valence-electron chi connectivity index (χ4n) is 2.27. The molecule has 0 aliphatic carbocycles. The molecule has 20 heavy (non-hydrogen) atoms. The molecule has 0 fully saturated rings. The van der Waals surface area contributed by atoms with Crippen LogP contribution in [0.15, 0.2) is 30.3 Å². The topological polar surface area (TPSA) is 43.4 Å². The highest BCUT2D eigenvalue weighted by Gasteiger charge is 2.16.